The number of anilines is 1. The molecule has 200 valence electrons. The Balaban J connectivity index is 1.58. The van der Waals surface area contributed by atoms with E-state index in [1.54, 1.807) is 41.3 Å². The molecule has 4 aromatic rings. The largest absolute Gasteiger partial charge is 0.508 e. The zero-order chi connectivity index (χ0) is 28.4. The standard InChI is InChI=1S/C29H23FN6O4/c1-2-13-35-23-12-11-21(18-31)32-25(23)27(28(29(35)38)36(39)40)34-16-14-33(15-17-34)26(19-7-9-20(30)10-8-19)22-5-3-4-6-24(22)37/h1,3-12,26,37H,13-17H2. The lowest BCUT2D eigenvalue weighted by atomic mass is 9.95. The van der Waals surface area contributed by atoms with E-state index in [9.17, 15) is 29.7 Å². The molecule has 1 saturated heterocycles. The Morgan fingerprint density at radius 1 is 1.10 bits per heavy atom. The highest BCUT2D eigenvalue weighted by Crippen LogP contribution is 2.37. The zero-order valence-electron chi connectivity index (χ0n) is 21.2. The van der Waals surface area contributed by atoms with Crippen LogP contribution in [0.2, 0.25) is 0 Å². The van der Waals surface area contributed by atoms with Crippen LogP contribution in [-0.4, -0.2) is 50.7 Å². The van der Waals surface area contributed by atoms with Crippen molar-refractivity contribution in [3.8, 4) is 24.2 Å². The minimum absolute atomic E-state index is 0.0379. The van der Waals surface area contributed by atoms with Crippen LogP contribution in [0.5, 0.6) is 5.75 Å². The normalized spacial score (nSPS) is 14.4. The van der Waals surface area contributed by atoms with E-state index in [0.29, 0.717) is 24.2 Å². The van der Waals surface area contributed by atoms with E-state index in [1.165, 1.54) is 24.3 Å². The van der Waals surface area contributed by atoms with Gasteiger partial charge in [-0.25, -0.2) is 9.37 Å². The first-order valence-corrected chi connectivity index (χ1v) is 12.4. The van der Waals surface area contributed by atoms with E-state index >= 15 is 0 Å². The molecule has 0 amide bonds. The molecule has 1 unspecified atom stereocenters. The third kappa shape index (κ3) is 4.70. The number of fused-ring (bicyclic) bond motifs is 1. The van der Waals surface area contributed by atoms with Crippen molar-refractivity contribution < 1.29 is 14.4 Å². The molecule has 40 heavy (non-hydrogen) atoms. The quantitative estimate of drug-likeness (QED) is 0.224. The molecule has 2 aromatic carbocycles. The van der Waals surface area contributed by atoms with Gasteiger partial charge in [-0.2, -0.15) is 5.26 Å². The SMILES string of the molecule is C#CCn1c(=O)c([N+](=O)[O-])c(N2CCN(C(c3ccc(F)cc3)c3ccccc3O)CC2)c2nc(C#N)ccc21. The van der Waals surface area contributed by atoms with Crippen LogP contribution in [0.1, 0.15) is 22.9 Å². The van der Waals surface area contributed by atoms with E-state index in [0.717, 1.165) is 10.1 Å². The number of aromatic nitrogens is 2. The van der Waals surface area contributed by atoms with E-state index < -0.39 is 22.2 Å². The minimum Gasteiger partial charge on any atom is -0.508 e. The molecule has 1 fully saturated rings. The van der Waals surface area contributed by atoms with E-state index in [2.05, 4.69) is 15.8 Å². The maximum Gasteiger partial charge on any atom is 0.359 e. The highest BCUT2D eigenvalue weighted by atomic mass is 19.1. The number of terminal acetylenes is 1. The van der Waals surface area contributed by atoms with Gasteiger partial charge < -0.3 is 10.0 Å². The zero-order valence-corrected chi connectivity index (χ0v) is 21.2. The number of nitro groups is 1. The second-order valence-corrected chi connectivity index (χ2v) is 9.26. The van der Waals surface area contributed by atoms with Crippen molar-refractivity contribution in [1.82, 2.24) is 14.5 Å². The molecule has 1 atom stereocenters. The molecule has 11 heteroatoms. The molecular formula is C29H23FN6O4. The number of rotatable bonds is 6. The van der Waals surface area contributed by atoms with Gasteiger partial charge >= 0.3 is 11.2 Å². The van der Waals surface area contributed by atoms with E-state index in [-0.39, 0.29) is 48.1 Å². The maximum atomic E-state index is 13.7. The van der Waals surface area contributed by atoms with Crippen LogP contribution in [0.4, 0.5) is 15.8 Å². The van der Waals surface area contributed by atoms with Crippen molar-refractivity contribution >= 4 is 22.4 Å². The van der Waals surface area contributed by atoms with E-state index in [1.807, 2.05) is 6.07 Å². The summed E-state index contributed by atoms with van der Waals surface area (Å²) in [5, 5.41) is 32.3. The average Bonchev–Trinajstić information content (AvgIpc) is 2.96. The lowest BCUT2D eigenvalue weighted by Gasteiger charge is -2.40. The highest BCUT2D eigenvalue weighted by Gasteiger charge is 2.34. The van der Waals surface area contributed by atoms with Crippen LogP contribution < -0.4 is 10.5 Å². The molecule has 0 radical (unpaired) electrons. The molecule has 3 heterocycles. The number of aromatic hydroxyl groups is 1. The number of piperazine rings is 1. The van der Waals surface area contributed by atoms with Crippen molar-refractivity contribution in [3.63, 3.8) is 0 Å². The Labute approximate surface area is 228 Å². The number of para-hydroxylation sites is 1. The summed E-state index contributed by atoms with van der Waals surface area (Å²) in [6.45, 7) is 1.13. The molecule has 10 nitrogen and oxygen atoms in total. The van der Waals surface area contributed by atoms with Gasteiger partial charge in [0.05, 0.1) is 23.0 Å². The Morgan fingerprint density at radius 2 is 1.80 bits per heavy atom. The van der Waals surface area contributed by atoms with Gasteiger partial charge in [0.15, 0.2) is 5.69 Å². The molecule has 1 aliphatic rings. The number of nitrogens with zero attached hydrogens (tertiary/aromatic N) is 6. The van der Waals surface area contributed by atoms with Crippen molar-refractivity contribution in [2.75, 3.05) is 31.1 Å². The van der Waals surface area contributed by atoms with Gasteiger partial charge in [-0.1, -0.05) is 36.3 Å². The molecule has 1 aliphatic heterocycles. The van der Waals surface area contributed by atoms with Crippen LogP contribution >= 0.6 is 0 Å². The number of phenolic OH excluding ortho intramolecular Hbond substituents is 1. The summed E-state index contributed by atoms with van der Waals surface area (Å²) < 4.78 is 14.8. The molecule has 0 spiro atoms. The summed E-state index contributed by atoms with van der Waals surface area (Å²) in [4.78, 5) is 32.9. The van der Waals surface area contributed by atoms with Gasteiger partial charge in [0.1, 0.15) is 28.8 Å². The number of halogens is 1. The summed E-state index contributed by atoms with van der Waals surface area (Å²) in [5.74, 6) is 2.06. The van der Waals surface area contributed by atoms with Gasteiger partial charge in [0.2, 0.25) is 0 Å². The van der Waals surface area contributed by atoms with Crippen LogP contribution in [0.25, 0.3) is 11.0 Å². The third-order valence-electron chi connectivity index (χ3n) is 7.02. The summed E-state index contributed by atoms with van der Waals surface area (Å²) in [5.41, 5.74) is 0.418. The van der Waals surface area contributed by atoms with Crippen molar-refractivity contribution in [3.05, 3.63) is 104 Å². The Morgan fingerprint density at radius 3 is 2.42 bits per heavy atom. The average molecular weight is 539 g/mol. The minimum atomic E-state index is -0.849. The number of nitriles is 1. The fourth-order valence-corrected chi connectivity index (χ4v) is 5.22. The molecule has 1 N–H and O–H groups in total. The third-order valence-corrected chi connectivity index (χ3v) is 7.02. The second kappa shape index (κ2) is 10.8. The summed E-state index contributed by atoms with van der Waals surface area (Å²) in [6.07, 6.45) is 5.44. The van der Waals surface area contributed by atoms with Gasteiger partial charge in [0.25, 0.3) is 0 Å². The van der Waals surface area contributed by atoms with Crippen LogP contribution in [0.15, 0.2) is 65.5 Å². The first kappa shape index (κ1) is 26.4. The van der Waals surface area contributed by atoms with Crippen LogP contribution in [0.3, 0.4) is 0 Å². The Hall–Kier alpha value is -5.26. The Bertz CT molecular complexity index is 1750. The summed E-state index contributed by atoms with van der Waals surface area (Å²) >= 11 is 0. The van der Waals surface area contributed by atoms with Gasteiger partial charge in [-0.15, -0.1) is 6.42 Å². The number of phenols is 1. The number of benzene rings is 2. The van der Waals surface area contributed by atoms with Crippen LogP contribution in [-0.2, 0) is 6.54 Å². The lowest BCUT2D eigenvalue weighted by molar-refractivity contribution is -0.385. The van der Waals surface area contributed by atoms with Gasteiger partial charge in [0, 0.05) is 31.7 Å². The molecule has 0 aliphatic carbocycles. The van der Waals surface area contributed by atoms with Crippen molar-refractivity contribution in [2.24, 2.45) is 0 Å². The Kier molecular flexibility index (Phi) is 7.15. The fraction of sp³-hybridized carbons (Fsp3) is 0.207. The van der Waals surface area contributed by atoms with Crippen molar-refractivity contribution in [1.29, 1.82) is 5.26 Å². The van der Waals surface area contributed by atoms with Gasteiger partial charge in [-0.3, -0.25) is 24.4 Å². The monoisotopic (exact) mass is 538 g/mol. The predicted molar refractivity (Wildman–Crippen MR) is 146 cm³/mol. The second-order valence-electron chi connectivity index (χ2n) is 9.26. The molecule has 0 saturated carbocycles. The number of hydrogen-bond donors (Lipinski definition) is 1. The molecule has 0 bridgehead atoms. The predicted octanol–water partition coefficient (Wildman–Crippen LogP) is 3.57. The highest BCUT2D eigenvalue weighted by molar-refractivity contribution is 5.94. The summed E-state index contributed by atoms with van der Waals surface area (Å²) in [7, 11) is 0. The first-order chi connectivity index (χ1) is 19.3. The first-order valence-electron chi connectivity index (χ1n) is 12.4. The lowest BCUT2D eigenvalue weighted by Crippen LogP contribution is -2.48. The maximum absolute atomic E-state index is 13.7. The molecule has 2 aromatic heterocycles. The van der Waals surface area contributed by atoms with Crippen molar-refractivity contribution in [2.45, 2.75) is 12.6 Å². The fourth-order valence-electron chi connectivity index (χ4n) is 5.22. The van der Waals surface area contributed by atoms with Gasteiger partial charge in [-0.05, 0) is 35.9 Å². The van der Waals surface area contributed by atoms with E-state index in [4.69, 9.17) is 6.42 Å². The van der Waals surface area contributed by atoms with Crippen LogP contribution in [0, 0.1) is 39.6 Å². The number of hydrogen-bond acceptors (Lipinski definition) is 8. The molecular weight excluding hydrogens is 515 g/mol. The smallest absolute Gasteiger partial charge is 0.359 e. The summed E-state index contributed by atoms with van der Waals surface area (Å²) in [6, 6.07) is 17.4. The molecule has 5 rings (SSSR count). The topological polar surface area (TPSA) is 129 Å². The number of pyridine rings is 2.